The molecule has 2 unspecified atom stereocenters. The predicted octanol–water partition coefficient (Wildman–Crippen LogP) is 3.95. The van der Waals surface area contributed by atoms with Gasteiger partial charge in [0.15, 0.2) is 0 Å². The number of nitrogens with one attached hydrogen (secondary N) is 2. The Morgan fingerprint density at radius 3 is 1.61 bits per heavy atom. The molecule has 0 spiro atoms. The van der Waals surface area contributed by atoms with Crippen molar-refractivity contribution in [3.63, 3.8) is 0 Å². The topological polar surface area (TPSA) is 81.7 Å². The largest absolute Gasteiger partial charge is 0.396 e. The van der Waals surface area contributed by atoms with Gasteiger partial charge in [0.2, 0.25) is 11.8 Å². The van der Waals surface area contributed by atoms with Crippen LogP contribution >= 0.6 is 0 Å². The molecular weight excluding hydrogens is 390 g/mol. The highest BCUT2D eigenvalue weighted by molar-refractivity contribution is 5.76. The van der Waals surface area contributed by atoms with Crippen molar-refractivity contribution in [1.29, 1.82) is 0 Å². The van der Waals surface area contributed by atoms with Crippen LogP contribution in [0.2, 0.25) is 0 Å². The Bertz CT molecular complexity index is 478. The minimum absolute atomic E-state index is 0.0622. The molecule has 180 valence electrons. The Labute approximate surface area is 190 Å². The number of allylic oxidation sites excluding steroid dienone is 4. The number of hydrogen-bond donors (Lipinski definition) is 3. The minimum atomic E-state index is 0.0622. The lowest BCUT2D eigenvalue weighted by molar-refractivity contribution is -0.121. The van der Waals surface area contributed by atoms with E-state index in [1.807, 2.05) is 0 Å². The van der Waals surface area contributed by atoms with Gasteiger partial charge in [-0.25, -0.2) is 0 Å². The first-order valence-corrected chi connectivity index (χ1v) is 12.2. The molecule has 0 aromatic heterocycles. The van der Waals surface area contributed by atoms with Crippen molar-refractivity contribution in [3.05, 3.63) is 24.3 Å². The van der Waals surface area contributed by atoms with Gasteiger partial charge in [0, 0.05) is 51.2 Å². The van der Waals surface area contributed by atoms with Crippen LogP contribution in [0.3, 0.4) is 0 Å². The molecule has 0 fully saturated rings. The molecule has 0 rings (SSSR count). The van der Waals surface area contributed by atoms with E-state index >= 15 is 0 Å². The van der Waals surface area contributed by atoms with Crippen LogP contribution in [0.25, 0.3) is 0 Å². The van der Waals surface area contributed by atoms with Crippen molar-refractivity contribution in [2.75, 3.05) is 26.2 Å². The monoisotopic (exact) mass is 437 g/mol. The number of amides is 2. The lowest BCUT2D eigenvalue weighted by atomic mass is 10.1. The van der Waals surface area contributed by atoms with E-state index < -0.39 is 0 Å². The molecule has 0 heterocycles. The van der Waals surface area contributed by atoms with Crippen LogP contribution in [0.5, 0.6) is 0 Å². The highest BCUT2D eigenvalue weighted by Crippen LogP contribution is 2.07. The molecule has 6 heteroatoms. The summed E-state index contributed by atoms with van der Waals surface area (Å²) >= 11 is 0. The van der Waals surface area contributed by atoms with Gasteiger partial charge in [-0.2, -0.15) is 0 Å². The van der Waals surface area contributed by atoms with E-state index in [2.05, 4.69) is 67.5 Å². The first kappa shape index (κ1) is 29.3. The zero-order valence-electron chi connectivity index (χ0n) is 20.4. The first-order valence-electron chi connectivity index (χ1n) is 12.2. The van der Waals surface area contributed by atoms with E-state index in [0.29, 0.717) is 32.4 Å². The van der Waals surface area contributed by atoms with E-state index in [1.54, 1.807) is 0 Å². The number of aliphatic hydroxyl groups is 1. The molecule has 2 amide bonds. The predicted molar refractivity (Wildman–Crippen MR) is 130 cm³/mol. The summed E-state index contributed by atoms with van der Waals surface area (Å²) in [6.07, 6.45) is 16.0. The summed E-state index contributed by atoms with van der Waals surface area (Å²) in [6, 6.07) is 0.241. The molecule has 0 aromatic carbocycles. The summed E-state index contributed by atoms with van der Waals surface area (Å²) in [5, 5.41) is 15.3. The molecule has 6 nitrogen and oxygen atoms in total. The quantitative estimate of drug-likeness (QED) is 0.267. The van der Waals surface area contributed by atoms with E-state index in [-0.39, 0.29) is 30.5 Å². The third-order valence-electron chi connectivity index (χ3n) is 5.22. The fourth-order valence-corrected chi connectivity index (χ4v) is 3.30. The van der Waals surface area contributed by atoms with Gasteiger partial charge >= 0.3 is 0 Å². The van der Waals surface area contributed by atoms with E-state index in [0.717, 1.165) is 45.1 Å². The molecule has 0 aliphatic heterocycles. The van der Waals surface area contributed by atoms with Gasteiger partial charge in [-0.1, -0.05) is 51.0 Å². The molecule has 0 aliphatic carbocycles. The summed E-state index contributed by atoms with van der Waals surface area (Å²) in [5.41, 5.74) is 0. The maximum absolute atomic E-state index is 12.1. The molecule has 0 aromatic rings. The Morgan fingerprint density at radius 1 is 0.806 bits per heavy atom. The zero-order valence-corrected chi connectivity index (χ0v) is 20.4. The SMILES string of the molecule is CCC/C=C/CCC(=O)NCC(C)N(CCCO)C(C)CNC(=O)CC/C=C/CCC. The number of rotatable bonds is 19. The lowest BCUT2D eigenvalue weighted by Gasteiger charge is -2.34. The molecule has 0 bridgehead atoms. The second kappa shape index (κ2) is 20.3. The number of aliphatic hydroxyl groups excluding tert-OH is 1. The van der Waals surface area contributed by atoms with Crippen LogP contribution in [0.1, 0.15) is 85.5 Å². The molecule has 0 saturated carbocycles. The first-order chi connectivity index (χ1) is 15.0. The van der Waals surface area contributed by atoms with Crippen molar-refractivity contribution >= 4 is 11.8 Å². The third kappa shape index (κ3) is 16.7. The van der Waals surface area contributed by atoms with Crippen molar-refractivity contribution in [2.24, 2.45) is 0 Å². The van der Waals surface area contributed by atoms with Crippen LogP contribution in [0.15, 0.2) is 24.3 Å². The van der Waals surface area contributed by atoms with Crippen LogP contribution in [-0.2, 0) is 9.59 Å². The second-order valence-corrected chi connectivity index (χ2v) is 8.22. The number of nitrogens with zero attached hydrogens (tertiary/aromatic N) is 1. The Kier molecular flexibility index (Phi) is 19.2. The third-order valence-corrected chi connectivity index (χ3v) is 5.22. The smallest absolute Gasteiger partial charge is 0.220 e. The van der Waals surface area contributed by atoms with Crippen LogP contribution < -0.4 is 10.6 Å². The van der Waals surface area contributed by atoms with Crippen LogP contribution in [0.4, 0.5) is 0 Å². The summed E-state index contributed by atoms with van der Waals surface area (Å²) < 4.78 is 0. The van der Waals surface area contributed by atoms with E-state index in [1.165, 1.54) is 0 Å². The molecule has 0 aliphatic rings. The van der Waals surface area contributed by atoms with Gasteiger partial charge in [0.25, 0.3) is 0 Å². The Hall–Kier alpha value is -1.66. The molecule has 3 N–H and O–H groups in total. The molecule has 31 heavy (non-hydrogen) atoms. The van der Waals surface area contributed by atoms with Crippen molar-refractivity contribution < 1.29 is 14.7 Å². The van der Waals surface area contributed by atoms with Gasteiger partial charge < -0.3 is 15.7 Å². The highest BCUT2D eigenvalue weighted by atomic mass is 16.3. The van der Waals surface area contributed by atoms with Crippen molar-refractivity contribution in [1.82, 2.24) is 15.5 Å². The summed E-state index contributed by atoms with van der Waals surface area (Å²) in [7, 11) is 0. The number of carbonyl (C=O) groups is 2. The van der Waals surface area contributed by atoms with Gasteiger partial charge in [0.05, 0.1) is 0 Å². The fraction of sp³-hybridized carbons (Fsp3) is 0.760. The average Bonchev–Trinajstić information content (AvgIpc) is 2.76. The normalized spacial score (nSPS) is 13.7. The van der Waals surface area contributed by atoms with Crippen molar-refractivity contribution in [3.8, 4) is 0 Å². The lowest BCUT2D eigenvalue weighted by Crippen LogP contribution is -2.50. The van der Waals surface area contributed by atoms with Gasteiger partial charge in [0.1, 0.15) is 0 Å². The zero-order chi connectivity index (χ0) is 23.3. The van der Waals surface area contributed by atoms with E-state index in [9.17, 15) is 14.7 Å². The minimum Gasteiger partial charge on any atom is -0.396 e. The van der Waals surface area contributed by atoms with Crippen LogP contribution in [-0.4, -0.2) is 60.1 Å². The summed E-state index contributed by atoms with van der Waals surface area (Å²) in [4.78, 5) is 26.5. The van der Waals surface area contributed by atoms with Gasteiger partial charge in [-0.05, 0) is 46.0 Å². The summed E-state index contributed by atoms with van der Waals surface area (Å²) in [5.74, 6) is 0.124. The molecule has 0 saturated heterocycles. The number of carbonyl (C=O) groups excluding carboxylic acids is 2. The van der Waals surface area contributed by atoms with Crippen LogP contribution in [0, 0.1) is 0 Å². The maximum atomic E-state index is 12.1. The summed E-state index contributed by atoms with van der Waals surface area (Å²) in [6.45, 7) is 10.4. The molecular formula is C25H47N3O3. The second-order valence-electron chi connectivity index (χ2n) is 8.22. The Morgan fingerprint density at radius 2 is 1.23 bits per heavy atom. The fourth-order valence-electron chi connectivity index (χ4n) is 3.30. The maximum Gasteiger partial charge on any atom is 0.220 e. The molecule has 0 radical (unpaired) electrons. The number of unbranched alkanes of at least 4 members (excludes halogenated alkanes) is 2. The number of hydrogen-bond acceptors (Lipinski definition) is 4. The van der Waals surface area contributed by atoms with Gasteiger partial charge in [-0.15, -0.1) is 0 Å². The van der Waals surface area contributed by atoms with E-state index in [4.69, 9.17) is 0 Å². The average molecular weight is 438 g/mol. The standard InChI is InChI=1S/C25H47N3O3/c1-5-7-9-11-13-16-24(30)26-20-22(3)28(18-15-19-29)23(4)21-27-25(31)17-14-12-10-8-6-2/h9-12,22-23,29H,5-8,13-21H2,1-4H3,(H,26,30)(H,27,31)/b11-9+,12-10+. The molecule has 2 atom stereocenters. The highest BCUT2D eigenvalue weighted by Gasteiger charge is 2.20. The van der Waals surface area contributed by atoms with Crippen molar-refractivity contribution in [2.45, 2.75) is 97.6 Å². The Balaban J connectivity index is 4.40. The van der Waals surface area contributed by atoms with Gasteiger partial charge in [-0.3, -0.25) is 14.5 Å².